The summed E-state index contributed by atoms with van der Waals surface area (Å²) in [6.45, 7) is 6.16. The summed E-state index contributed by atoms with van der Waals surface area (Å²) < 4.78 is 5.28. The number of anilines is 1. The van der Waals surface area contributed by atoms with E-state index in [4.69, 9.17) is 4.52 Å². The van der Waals surface area contributed by atoms with Crippen LogP contribution in [0.25, 0.3) is 11.5 Å². The highest BCUT2D eigenvalue weighted by Gasteiger charge is 2.30. The van der Waals surface area contributed by atoms with E-state index in [1.54, 1.807) is 17.0 Å². The summed E-state index contributed by atoms with van der Waals surface area (Å²) >= 11 is 0. The summed E-state index contributed by atoms with van der Waals surface area (Å²) in [4.78, 5) is 30.3. The quantitative estimate of drug-likeness (QED) is 0.909. The summed E-state index contributed by atoms with van der Waals surface area (Å²) in [6, 6.07) is 6.86. The molecule has 1 fully saturated rings. The molecule has 1 N–H and O–H groups in total. The van der Waals surface area contributed by atoms with Crippen LogP contribution in [-0.2, 0) is 9.59 Å². The van der Waals surface area contributed by atoms with Gasteiger partial charge in [-0.15, -0.1) is 0 Å². The van der Waals surface area contributed by atoms with Crippen LogP contribution in [0.3, 0.4) is 0 Å². The number of aromatic nitrogens is 2. The van der Waals surface area contributed by atoms with Gasteiger partial charge in [-0.05, 0) is 43.5 Å². The fourth-order valence-electron chi connectivity index (χ4n) is 3.09. The largest absolute Gasteiger partial charge is 0.334 e. The van der Waals surface area contributed by atoms with E-state index in [1.807, 2.05) is 26.0 Å². The molecule has 7 heteroatoms. The van der Waals surface area contributed by atoms with E-state index in [0.29, 0.717) is 30.4 Å². The van der Waals surface area contributed by atoms with Crippen LogP contribution in [0, 0.1) is 0 Å². The van der Waals surface area contributed by atoms with Crippen LogP contribution in [0.5, 0.6) is 0 Å². The molecule has 2 aromatic rings. The molecule has 1 aliphatic heterocycles. The van der Waals surface area contributed by atoms with Crippen LogP contribution in [0.4, 0.5) is 5.69 Å². The predicted molar refractivity (Wildman–Crippen MR) is 97.5 cm³/mol. The molecule has 138 valence electrons. The molecular weight excluding hydrogens is 332 g/mol. The van der Waals surface area contributed by atoms with Crippen molar-refractivity contribution >= 4 is 17.5 Å². The molecule has 1 aliphatic rings. The molecule has 0 bridgehead atoms. The summed E-state index contributed by atoms with van der Waals surface area (Å²) in [6.07, 6.45) is 2.60. The maximum Gasteiger partial charge on any atom is 0.257 e. The molecule has 0 spiro atoms. The lowest BCUT2D eigenvalue weighted by molar-refractivity contribution is -0.138. The molecule has 26 heavy (non-hydrogen) atoms. The summed E-state index contributed by atoms with van der Waals surface area (Å²) in [5, 5.41) is 6.85. The van der Waals surface area contributed by atoms with Gasteiger partial charge in [0.2, 0.25) is 11.8 Å². The molecule has 3 rings (SSSR count). The van der Waals surface area contributed by atoms with Gasteiger partial charge in [-0.2, -0.15) is 4.98 Å². The van der Waals surface area contributed by atoms with Gasteiger partial charge < -0.3 is 14.7 Å². The Labute approximate surface area is 152 Å². The van der Waals surface area contributed by atoms with Crippen molar-refractivity contribution in [1.29, 1.82) is 0 Å². The number of hydrogen-bond acceptors (Lipinski definition) is 5. The number of nitrogens with zero attached hydrogens (tertiary/aromatic N) is 3. The zero-order chi connectivity index (χ0) is 18.7. The van der Waals surface area contributed by atoms with Crippen molar-refractivity contribution in [2.75, 3.05) is 11.9 Å². The van der Waals surface area contributed by atoms with E-state index in [0.717, 1.165) is 18.4 Å². The molecule has 2 amide bonds. The second-order valence-corrected chi connectivity index (χ2v) is 6.90. The van der Waals surface area contributed by atoms with E-state index in [9.17, 15) is 9.59 Å². The third-order valence-electron chi connectivity index (χ3n) is 4.57. The zero-order valence-corrected chi connectivity index (χ0v) is 15.4. The van der Waals surface area contributed by atoms with Crippen molar-refractivity contribution < 1.29 is 14.1 Å². The first kappa shape index (κ1) is 18.1. The van der Waals surface area contributed by atoms with Crippen LogP contribution in [0.2, 0.25) is 0 Å². The van der Waals surface area contributed by atoms with Gasteiger partial charge in [0, 0.05) is 30.6 Å². The Morgan fingerprint density at radius 2 is 1.96 bits per heavy atom. The van der Waals surface area contributed by atoms with Crippen LogP contribution in [-0.4, -0.2) is 39.4 Å². The van der Waals surface area contributed by atoms with Gasteiger partial charge in [-0.25, -0.2) is 0 Å². The molecule has 0 aliphatic carbocycles. The first-order valence-electron chi connectivity index (χ1n) is 8.98. The normalized spacial score (nSPS) is 17.4. The van der Waals surface area contributed by atoms with Gasteiger partial charge >= 0.3 is 0 Å². The minimum Gasteiger partial charge on any atom is -0.334 e. The van der Waals surface area contributed by atoms with Gasteiger partial charge in [-0.1, -0.05) is 19.0 Å². The monoisotopic (exact) mass is 356 g/mol. The molecule has 0 saturated carbocycles. The van der Waals surface area contributed by atoms with E-state index in [-0.39, 0.29) is 17.7 Å². The average molecular weight is 356 g/mol. The molecule has 1 atom stereocenters. The standard InChI is InChI=1S/C19H24N4O3/c1-12(2)17-21-19(26-22-17)14-7-9-15(10-8-14)20-18(25)16-6-4-5-11-23(16)13(3)24/h7-10,12,16H,4-6,11H2,1-3H3,(H,20,25). The van der Waals surface area contributed by atoms with E-state index in [1.165, 1.54) is 6.92 Å². The van der Waals surface area contributed by atoms with E-state index in [2.05, 4.69) is 15.5 Å². The SMILES string of the molecule is CC(=O)N1CCCCC1C(=O)Nc1ccc(-c2nc(C(C)C)no2)cc1. The minimum atomic E-state index is -0.398. The van der Waals surface area contributed by atoms with Crippen molar-refractivity contribution in [2.45, 2.75) is 52.0 Å². The van der Waals surface area contributed by atoms with Gasteiger partial charge in [0.1, 0.15) is 6.04 Å². The second-order valence-electron chi connectivity index (χ2n) is 6.90. The molecule has 1 aromatic heterocycles. The van der Waals surface area contributed by atoms with Crippen molar-refractivity contribution in [3.63, 3.8) is 0 Å². The lowest BCUT2D eigenvalue weighted by atomic mass is 10.0. The first-order chi connectivity index (χ1) is 12.5. The topological polar surface area (TPSA) is 88.3 Å². The second kappa shape index (κ2) is 7.68. The lowest BCUT2D eigenvalue weighted by Gasteiger charge is -2.33. The van der Waals surface area contributed by atoms with Crippen LogP contribution >= 0.6 is 0 Å². The van der Waals surface area contributed by atoms with Gasteiger partial charge in [-0.3, -0.25) is 9.59 Å². The third kappa shape index (κ3) is 3.92. The average Bonchev–Trinajstić information content (AvgIpc) is 3.12. The van der Waals surface area contributed by atoms with Gasteiger partial charge in [0.05, 0.1) is 0 Å². The lowest BCUT2D eigenvalue weighted by Crippen LogP contribution is -2.49. The Bertz CT molecular complexity index is 782. The summed E-state index contributed by atoms with van der Waals surface area (Å²) in [5.41, 5.74) is 1.47. The fraction of sp³-hybridized carbons (Fsp3) is 0.474. The highest BCUT2D eigenvalue weighted by Crippen LogP contribution is 2.23. The summed E-state index contributed by atoms with van der Waals surface area (Å²) in [5.74, 6) is 1.12. The number of nitrogens with one attached hydrogen (secondary N) is 1. The summed E-state index contributed by atoms with van der Waals surface area (Å²) in [7, 11) is 0. The molecule has 0 radical (unpaired) electrons. The van der Waals surface area contributed by atoms with Crippen molar-refractivity contribution in [3.8, 4) is 11.5 Å². The van der Waals surface area contributed by atoms with Crippen molar-refractivity contribution in [1.82, 2.24) is 15.0 Å². The number of hydrogen-bond donors (Lipinski definition) is 1. The highest BCUT2D eigenvalue weighted by molar-refractivity contribution is 5.97. The smallest absolute Gasteiger partial charge is 0.257 e. The number of likely N-dealkylation sites (tertiary alicyclic amines) is 1. The Morgan fingerprint density at radius 3 is 2.58 bits per heavy atom. The minimum absolute atomic E-state index is 0.0578. The molecular formula is C19H24N4O3. The predicted octanol–water partition coefficient (Wildman–Crippen LogP) is 3.20. The number of carbonyl (C=O) groups excluding carboxylic acids is 2. The highest BCUT2D eigenvalue weighted by atomic mass is 16.5. The number of piperidine rings is 1. The fourth-order valence-corrected chi connectivity index (χ4v) is 3.09. The number of benzene rings is 1. The maximum absolute atomic E-state index is 12.6. The number of carbonyl (C=O) groups is 2. The zero-order valence-electron chi connectivity index (χ0n) is 15.4. The van der Waals surface area contributed by atoms with Gasteiger partial charge in [0.25, 0.3) is 5.89 Å². The third-order valence-corrected chi connectivity index (χ3v) is 4.57. The molecule has 1 aromatic carbocycles. The molecule has 2 heterocycles. The van der Waals surface area contributed by atoms with Crippen LogP contribution < -0.4 is 5.32 Å². The first-order valence-corrected chi connectivity index (χ1v) is 8.98. The van der Waals surface area contributed by atoms with Crippen LogP contribution in [0.15, 0.2) is 28.8 Å². The van der Waals surface area contributed by atoms with Crippen LogP contribution in [0.1, 0.15) is 51.8 Å². The Kier molecular flexibility index (Phi) is 5.35. The number of rotatable bonds is 4. The molecule has 7 nitrogen and oxygen atoms in total. The van der Waals surface area contributed by atoms with Gasteiger partial charge in [0.15, 0.2) is 5.82 Å². The van der Waals surface area contributed by atoms with E-state index >= 15 is 0 Å². The van der Waals surface area contributed by atoms with Crippen molar-refractivity contribution in [3.05, 3.63) is 30.1 Å². The number of amides is 2. The Balaban J connectivity index is 1.68. The van der Waals surface area contributed by atoms with E-state index < -0.39 is 6.04 Å². The maximum atomic E-state index is 12.6. The molecule has 1 saturated heterocycles. The van der Waals surface area contributed by atoms with Crippen molar-refractivity contribution in [2.24, 2.45) is 0 Å². The Morgan fingerprint density at radius 1 is 1.23 bits per heavy atom. The Hall–Kier alpha value is -2.70. The molecule has 1 unspecified atom stereocenters.